The first kappa shape index (κ1) is 7.63. The molecule has 1 heteroatoms. The molecule has 1 unspecified atom stereocenters. The number of hydrogen-bond donors (Lipinski definition) is 1. The normalized spacial score (nSPS) is 25.1. The predicted octanol–water partition coefficient (Wildman–Crippen LogP) is 1.40. The van der Waals surface area contributed by atoms with Gasteiger partial charge in [0.2, 0.25) is 0 Å². The van der Waals surface area contributed by atoms with Crippen molar-refractivity contribution in [1.29, 1.82) is 0 Å². The Kier molecular flexibility index (Phi) is 3.32. The molecule has 1 nitrogen and oxygen atoms in total. The Bertz CT molecular complexity index is 135. The van der Waals surface area contributed by atoms with Crippen molar-refractivity contribution < 1.29 is 0 Å². The Morgan fingerprint density at radius 2 is 2.50 bits per heavy atom. The first-order valence-electron chi connectivity index (χ1n) is 4.04. The lowest BCUT2D eigenvalue weighted by Gasteiger charge is -2.20. The molecule has 0 aromatic heterocycles. The summed E-state index contributed by atoms with van der Waals surface area (Å²) in [7, 11) is 0. The standard InChI is InChI=1S/C9H15N/c1-2-3-5-9-6-4-7-10-8-9/h9-10H,4-8H2,1H3. The van der Waals surface area contributed by atoms with Crippen molar-refractivity contribution >= 4 is 0 Å². The van der Waals surface area contributed by atoms with Crippen LogP contribution in [0.2, 0.25) is 0 Å². The highest BCUT2D eigenvalue weighted by Gasteiger charge is 2.10. The summed E-state index contributed by atoms with van der Waals surface area (Å²) in [6, 6.07) is 0. The maximum atomic E-state index is 3.38. The molecule has 1 aliphatic rings. The summed E-state index contributed by atoms with van der Waals surface area (Å²) in [5.74, 6) is 6.89. The molecule has 0 saturated carbocycles. The van der Waals surface area contributed by atoms with Crippen LogP contribution in [0.3, 0.4) is 0 Å². The molecule has 0 spiro atoms. The van der Waals surface area contributed by atoms with E-state index in [1.807, 2.05) is 6.92 Å². The summed E-state index contributed by atoms with van der Waals surface area (Å²) < 4.78 is 0. The molecule has 1 rings (SSSR count). The second-order valence-electron chi connectivity index (χ2n) is 2.84. The summed E-state index contributed by atoms with van der Waals surface area (Å²) in [6.45, 7) is 4.29. The van der Waals surface area contributed by atoms with Gasteiger partial charge in [0, 0.05) is 6.42 Å². The summed E-state index contributed by atoms with van der Waals surface area (Å²) in [5, 5.41) is 3.38. The Labute approximate surface area is 63.2 Å². The molecule has 56 valence electrons. The molecule has 1 aliphatic heterocycles. The van der Waals surface area contributed by atoms with Gasteiger partial charge in [0.05, 0.1) is 0 Å². The van der Waals surface area contributed by atoms with Crippen molar-refractivity contribution in [3.05, 3.63) is 0 Å². The zero-order valence-corrected chi connectivity index (χ0v) is 6.61. The molecular weight excluding hydrogens is 122 g/mol. The van der Waals surface area contributed by atoms with Crippen LogP contribution in [0, 0.1) is 17.8 Å². The quantitative estimate of drug-likeness (QED) is 0.539. The van der Waals surface area contributed by atoms with Crippen LogP contribution in [0.4, 0.5) is 0 Å². The molecule has 0 aromatic rings. The van der Waals surface area contributed by atoms with Gasteiger partial charge in [-0.15, -0.1) is 11.8 Å². The van der Waals surface area contributed by atoms with E-state index in [0.717, 1.165) is 12.3 Å². The summed E-state index contributed by atoms with van der Waals surface area (Å²) in [6.07, 6.45) is 3.78. The Balaban J connectivity index is 2.17. The lowest BCUT2D eigenvalue weighted by Crippen LogP contribution is -2.29. The minimum Gasteiger partial charge on any atom is -0.316 e. The molecule has 1 N–H and O–H groups in total. The van der Waals surface area contributed by atoms with Gasteiger partial charge in [-0.1, -0.05) is 0 Å². The van der Waals surface area contributed by atoms with Crippen LogP contribution in [0.25, 0.3) is 0 Å². The van der Waals surface area contributed by atoms with Gasteiger partial charge in [-0.05, 0) is 38.8 Å². The average Bonchev–Trinajstić information content (AvgIpc) is 2.03. The number of rotatable bonds is 1. The molecular formula is C9H15N. The molecule has 0 aliphatic carbocycles. The maximum Gasteiger partial charge on any atom is 0.0129 e. The second-order valence-corrected chi connectivity index (χ2v) is 2.84. The van der Waals surface area contributed by atoms with Crippen LogP contribution >= 0.6 is 0 Å². The molecule has 0 amide bonds. The Morgan fingerprint density at radius 1 is 1.60 bits per heavy atom. The Morgan fingerprint density at radius 3 is 3.10 bits per heavy atom. The predicted molar refractivity (Wildman–Crippen MR) is 43.7 cm³/mol. The van der Waals surface area contributed by atoms with Gasteiger partial charge < -0.3 is 5.32 Å². The van der Waals surface area contributed by atoms with E-state index in [1.165, 1.54) is 25.9 Å². The van der Waals surface area contributed by atoms with Gasteiger partial charge in [0.1, 0.15) is 0 Å². The molecule has 0 aromatic carbocycles. The summed E-state index contributed by atoms with van der Waals surface area (Å²) >= 11 is 0. The van der Waals surface area contributed by atoms with Gasteiger partial charge in [0.25, 0.3) is 0 Å². The third kappa shape index (κ3) is 2.41. The fraction of sp³-hybridized carbons (Fsp3) is 0.778. The minimum absolute atomic E-state index is 0.821. The van der Waals surface area contributed by atoms with Crippen LogP contribution < -0.4 is 5.32 Å². The molecule has 1 saturated heterocycles. The van der Waals surface area contributed by atoms with E-state index >= 15 is 0 Å². The first-order valence-corrected chi connectivity index (χ1v) is 4.04. The monoisotopic (exact) mass is 137 g/mol. The third-order valence-corrected chi connectivity index (χ3v) is 1.97. The van der Waals surface area contributed by atoms with E-state index in [0.29, 0.717) is 0 Å². The molecule has 1 heterocycles. The van der Waals surface area contributed by atoms with Crippen LogP contribution in [-0.2, 0) is 0 Å². The molecule has 1 atom stereocenters. The number of piperidine rings is 1. The lowest BCUT2D eigenvalue weighted by molar-refractivity contribution is 0.384. The van der Waals surface area contributed by atoms with Crippen molar-refractivity contribution in [2.24, 2.45) is 5.92 Å². The van der Waals surface area contributed by atoms with E-state index in [-0.39, 0.29) is 0 Å². The smallest absolute Gasteiger partial charge is 0.0129 e. The SMILES string of the molecule is CC#CCC1CCCNC1. The van der Waals surface area contributed by atoms with Crippen molar-refractivity contribution in [2.75, 3.05) is 13.1 Å². The van der Waals surface area contributed by atoms with Gasteiger partial charge in [-0.3, -0.25) is 0 Å². The third-order valence-electron chi connectivity index (χ3n) is 1.97. The molecule has 10 heavy (non-hydrogen) atoms. The molecule has 1 fully saturated rings. The van der Waals surface area contributed by atoms with Crippen LogP contribution in [0.15, 0.2) is 0 Å². The fourth-order valence-electron chi connectivity index (χ4n) is 1.34. The van der Waals surface area contributed by atoms with E-state index in [1.54, 1.807) is 0 Å². The van der Waals surface area contributed by atoms with Crippen LogP contribution in [0.5, 0.6) is 0 Å². The topological polar surface area (TPSA) is 12.0 Å². The van der Waals surface area contributed by atoms with Gasteiger partial charge in [-0.2, -0.15) is 0 Å². The largest absolute Gasteiger partial charge is 0.316 e. The van der Waals surface area contributed by atoms with Gasteiger partial charge in [0.15, 0.2) is 0 Å². The second kappa shape index (κ2) is 4.35. The Hall–Kier alpha value is -0.480. The highest BCUT2D eigenvalue weighted by atomic mass is 14.9. The van der Waals surface area contributed by atoms with Crippen molar-refractivity contribution in [3.63, 3.8) is 0 Å². The van der Waals surface area contributed by atoms with Gasteiger partial charge in [-0.25, -0.2) is 0 Å². The fourth-order valence-corrected chi connectivity index (χ4v) is 1.34. The number of hydrogen-bond acceptors (Lipinski definition) is 1. The van der Waals surface area contributed by atoms with Crippen LogP contribution in [-0.4, -0.2) is 13.1 Å². The summed E-state index contributed by atoms with van der Waals surface area (Å²) in [4.78, 5) is 0. The zero-order valence-electron chi connectivity index (χ0n) is 6.61. The number of nitrogens with one attached hydrogen (secondary N) is 1. The highest BCUT2D eigenvalue weighted by Crippen LogP contribution is 2.12. The maximum absolute atomic E-state index is 3.38. The molecule has 0 radical (unpaired) electrons. The minimum atomic E-state index is 0.821. The van der Waals surface area contributed by atoms with Crippen molar-refractivity contribution in [3.8, 4) is 11.8 Å². The van der Waals surface area contributed by atoms with Gasteiger partial charge >= 0.3 is 0 Å². The van der Waals surface area contributed by atoms with Crippen LogP contribution in [0.1, 0.15) is 26.2 Å². The van der Waals surface area contributed by atoms with E-state index in [2.05, 4.69) is 17.2 Å². The van der Waals surface area contributed by atoms with Crippen molar-refractivity contribution in [2.45, 2.75) is 26.2 Å². The zero-order chi connectivity index (χ0) is 7.23. The summed E-state index contributed by atoms with van der Waals surface area (Å²) in [5.41, 5.74) is 0. The molecule has 0 bridgehead atoms. The van der Waals surface area contributed by atoms with E-state index < -0.39 is 0 Å². The average molecular weight is 137 g/mol. The van der Waals surface area contributed by atoms with E-state index in [9.17, 15) is 0 Å². The van der Waals surface area contributed by atoms with E-state index in [4.69, 9.17) is 0 Å². The lowest BCUT2D eigenvalue weighted by atomic mass is 9.97. The van der Waals surface area contributed by atoms with Crippen molar-refractivity contribution in [1.82, 2.24) is 5.32 Å². The first-order chi connectivity index (χ1) is 4.93. The highest BCUT2D eigenvalue weighted by molar-refractivity contribution is 4.97.